The lowest BCUT2D eigenvalue weighted by molar-refractivity contribution is 0.0917. The summed E-state index contributed by atoms with van der Waals surface area (Å²) in [6, 6.07) is 16.0. The molecule has 1 atom stereocenters. The summed E-state index contributed by atoms with van der Waals surface area (Å²) in [5, 5.41) is 10.3. The maximum Gasteiger partial charge on any atom is 0.184 e. The summed E-state index contributed by atoms with van der Waals surface area (Å²) >= 11 is 5.52. The molecule has 0 unspecified atom stereocenters. The molecule has 0 amide bonds. The number of benzene rings is 2. The lowest BCUT2D eigenvalue weighted by atomic mass is 10.1. The number of aromatic nitrogens is 2. The molecule has 0 aliphatic rings. The molecule has 3 aromatic rings. The number of para-hydroxylation sites is 1. The number of aliphatic hydroxyl groups excluding tert-OH is 1. The summed E-state index contributed by atoms with van der Waals surface area (Å²) in [7, 11) is 0. The highest BCUT2D eigenvalue weighted by Gasteiger charge is 2.10. The molecule has 2 aromatic carbocycles. The zero-order valence-corrected chi connectivity index (χ0v) is 15.2. The van der Waals surface area contributed by atoms with Crippen molar-refractivity contribution in [2.75, 3.05) is 6.61 Å². The van der Waals surface area contributed by atoms with Crippen LogP contribution in [-0.4, -0.2) is 27.0 Å². The summed E-state index contributed by atoms with van der Waals surface area (Å²) in [4.78, 5) is 0. The fourth-order valence-electron chi connectivity index (χ4n) is 2.67. The molecule has 0 saturated carbocycles. The van der Waals surface area contributed by atoms with Crippen LogP contribution in [-0.2, 0) is 6.54 Å². The SMILES string of the molecule is Cc1ccc(C)c(OC[C@@H](O)Cn2ccn(-c3ccccc3)c2=S)c1. The first kappa shape index (κ1) is 17.5. The molecule has 4 nitrogen and oxygen atoms in total. The smallest absolute Gasteiger partial charge is 0.184 e. The third-order valence-electron chi connectivity index (χ3n) is 4.06. The first-order chi connectivity index (χ1) is 12.0. The average Bonchev–Trinajstić information content (AvgIpc) is 2.97. The normalized spacial score (nSPS) is 12.1. The Morgan fingerprint density at radius 1 is 1.08 bits per heavy atom. The largest absolute Gasteiger partial charge is 0.491 e. The average molecular weight is 354 g/mol. The summed E-state index contributed by atoms with van der Waals surface area (Å²) in [5.74, 6) is 0.810. The minimum atomic E-state index is -0.641. The van der Waals surface area contributed by atoms with Crippen LogP contribution in [0.3, 0.4) is 0 Å². The third kappa shape index (κ3) is 4.18. The van der Waals surface area contributed by atoms with Crippen LogP contribution in [0.5, 0.6) is 5.75 Å². The minimum Gasteiger partial charge on any atom is -0.491 e. The Kier molecular flexibility index (Phi) is 5.36. The summed E-state index contributed by atoms with van der Waals surface area (Å²) in [6.07, 6.45) is 3.16. The van der Waals surface area contributed by atoms with Crippen LogP contribution >= 0.6 is 12.2 Å². The van der Waals surface area contributed by atoms with Crippen molar-refractivity contribution in [1.29, 1.82) is 0 Å². The second kappa shape index (κ2) is 7.68. The van der Waals surface area contributed by atoms with E-state index in [2.05, 4.69) is 0 Å². The highest BCUT2D eigenvalue weighted by molar-refractivity contribution is 7.71. The predicted octanol–water partition coefficient (Wildman–Crippen LogP) is 4.07. The minimum absolute atomic E-state index is 0.225. The fraction of sp³-hybridized carbons (Fsp3) is 0.250. The van der Waals surface area contributed by atoms with Gasteiger partial charge < -0.3 is 14.4 Å². The van der Waals surface area contributed by atoms with Gasteiger partial charge in [-0.1, -0.05) is 30.3 Å². The molecule has 3 rings (SSSR count). The highest BCUT2D eigenvalue weighted by Crippen LogP contribution is 2.19. The lowest BCUT2D eigenvalue weighted by Crippen LogP contribution is -2.23. The summed E-state index contributed by atoms with van der Waals surface area (Å²) in [6.45, 7) is 4.64. The van der Waals surface area contributed by atoms with Crippen molar-refractivity contribution in [2.45, 2.75) is 26.5 Å². The second-order valence-electron chi connectivity index (χ2n) is 6.17. The molecular formula is C20H22N2O2S. The van der Waals surface area contributed by atoms with Crippen LogP contribution in [0.2, 0.25) is 0 Å². The first-order valence-electron chi connectivity index (χ1n) is 8.26. The molecule has 0 radical (unpaired) electrons. The van der Waals surface area contributed by atoms with Crippen molar-refractivity contribution in [3.05, 3.63) is 76.8 Å². The Balaban J connectivity index is 1.66. The van der Waals surface area contributed by atoms with Gasteiger partial charge in [0.1, 0.15) is 18.5 Å². The van der Waals surface area contributed by atoms with Crippen molar-refractivity contribution in [2.24, 2.45) is 0 Å². The molecule has 0 spiro atoms. The standard InChI is InChI=1S/C20H22N2O2S/c1-15-8-9-16(2)19(12-15)24-14-18(23)13-21-10-11-22(20(21)25)17-6-4-3-5-7-17/h3-12,18,23H,13-14H2,1-2H3/t18-/m0/s1. The number of imidazole rings is 1. The Hall–Kier alpha value is -2.37. The number of ether oxygens (including phenoxy) is 1. The van der Waals surface area contributed by atoms with Crippen LogP contribution < -0.4 is 4.74 Å². The van der Waals surface area contributed by atoms with E-state index in [-0.39, 0.29) is 6.61 Å². The van der Waals surface area contributed by atoms with E-state index in [0.717, 1.165) is 22.6 Å². The van der Waals surface area contributed by atoms with Gasteiger partial charge in [-0.25, -0.2) is 0 Å². The van der Waals surface area contributed by atoms with Gasteiger partial charge in [0.05, 0.1) is 6.54 Å². The highest BCUT2D eigenvalue weighted by atomic mass is 32.1. The van der Waals surface area contributed by atoms with Crippen LogP contribution in [0.4, 0.5) is 0 Å². The van der Waals surface area contributed by atoms with E-state index >= 15 is 0 Å². The van der Waals surface area contributed by atoms with Crippen molar-refractivity contribution in [3.8, 4) is 11.4 Å². The zero-order chi connectivity index (χ0) is 17.8. The second-order valence-corrected chi connectivity index (χ2v) is 6.54. The number of aliphatic hydroxyl groups is 1. The summed E-state index contributed by atoms with van der Waals surface area (Å²) in [5.41, 5.74) is 3.20. The van der Waals surface area contributed by atoms with E-state index in [1.54, 1.807) is 0 Å². The van der Waals surface area contributed by atoms with Gasteiger partial charge in [-0.15, -0.1) is 0 Å². The van der Waals surface area contributed by atoms with Crippen LogP contribution in [0, 0.1) is 18.6 Å². The van der Waals surface area contributed by atoms with Gasteiger partial charge in [-0.05, 0) is 55.4 Å². The Morgan fingerprint density at radius 2 is 1.84 bits per heavy atom. The molecule has 5 heteroatoms. The monoisotopic (exact) mass is 354 g/mol. The van der Waals surface area contributed by atoms with E-state index < -0.39 is 6.10 Å². The van der Waals surface area contributed by atoms with E-state index in [1.807, 2.05) is 83.9 Å². The third-order valence-corrected chi connectivity index (χ3v) is 4.50. The van der Waals surface area contributed by atoms with E-state index in [1.165, 1.54) is 0 Å². The van der Waals surface area contributed by atoms with Gasteiger partial charge in [0.15, 0.2) is 4.77 Å². The molecule has 1 heterocycles. The molecule has 130 valence electrons. The number of nitrogens with zero attached hydrogens (tertiary/aromatic N) is 2. The number of rotatable bonds is 6. The summed E-state index contributed by atoms with van der Waals surface area (Å²) < 4.78 is 10.2. The van der Waals surface area contributed by atoms with Crippen molar-refractivity contribution in [3.63, 3.8) is 0 Å². The quantitative estimate of drug-likeness (QED) is 0.679. The molecule has 25 heavy (non-hydrogen) atoms. The van der Waals surface area contributed by atoms with Crippen LogP contribution in [0.15, 0.2) is 60.9 Å². The number of aryl methyl sites for hydroxylation is 2. The van der Waals surface area contributed by atoms with E-state index in [0.29, 0.717) is 11.3 Å². The van der Waals surface area contributed by atoms with Gasteiger partial charge in [-0.2, -0.15) is 0 Å². The maximum absolute atomic E-state index is 10.3. The van der Waals surface area contributed by atoms with Gasteiger partial charge >= 0.3 is 0 Å². The molecule has 0 fully saturated rings. The first-order valence-corrected chi connectivity index (χ1v) is 8.67. The molecule has 0 aliphatic heterocycles. The van der Waals surface area contributed by atoms with Crippen molar-refractivity contribution in [1.82, 2.24) is 9.13 Å². The van der Waals surface area contributed by atoms with E-state index in [9.17, 15) is 5.11 Å². The maximum atomic E-state index is 10.3. The topological polar surface area (TPSA) is 39.3 Å². The molecular weight excluding hydrogens is 332 g/mol. The van der Waals surface area contributed by atoms with Crippen LogP contribution in [0.25, 0.3) is 5.69 Å². The van der Waals surface area contributed by atoms with Crippen molar-refractivity contribution < 1.29 is 9.84 Å². The zero-order valence-electron chi connectivity index (χ0n) is 14.4. The molecule has 0 bridgehead atoms. The number of hydrogen-bond acceptors (Lipinski definition) is 3. The van der Waals surface area contributed by atoms with Gasteiger partial charge in [0.25, 0.3) is 0 Å². The van der Waals surface area contributed by atoms with Crippen LogP contribution in [0.1, 0.15) is 11.1 Å². The Labute approximate surface area is 152 Å². The van der Waals surface area contributed by atoms with E-state index in [4.69, 9.17) is 17.0 Å². The number of hydrogen-bond donors (Lipinski definition) is 1. The van der Waals surface area contributed by atoms with Crippen molar-refractivity contribution >= 4 is 12.2 Å². The molecule has 0 aliphatic carbocycles. The Bertz CT molecular complexity index is 900. The fourth-order valence-corrected chi connectivity index (χ4v) is 2.97. The lowest BCUT2D eigenvalue weighted by Gasteiger charge is -2.15. The van der Waals surface area contributed by atoms with Gasteiger partial charge in [-0.3, -0.25) is 4.57 Å². The molecule has 1 N–H and O–H groups in total. The predicted molar refractivity (Wildman–Crippen MR) is 102 cm³/mol. The van der Waals surface area contributed by atoms with Gasteiger partial charge in [0, 0.05) is 18.1 Å². The molecule has 0 saturated heterocycles. The molecule has 1 aromatic heterocycles. The Morgan fingerprint density at radius 3 is 2.60 bits per heavy atom. The van der Waals surface area contributed by atoms with Gasteiger partial charge in [0.2, 0.25) is 0 Å².